The van der Waals surface area contributed by atoms with Crippen molar-refractivity contribution in [3.05, 3.63) is 46.2 Å². The Morgan fingerprint density at radius 1 is 1.48 bits per heavy atom. The number of imide groups is 1. The molecule has 1 aliphatic heterocycles. The number of hydrogen-bond donors (Lipinski definition) is 0. The number of carbonyl (C=O) groups is 2. The minimum atomic E-state index is -0.694. The minimum Gasteiger partial charge on any atom is -0.439 e. The van der Waals surface area contributed by atoms with Crippen LogP contribution in [0.5, 0.6) is 0 Å². The van der Waals surface area contributed by atoms with Crippen molar-refractivity contribution < 1.29 is 14.3 Å². The predicted molar refractivity (Wildman–Crippen MR) is 113 cm³/mol. The van der Waals surface area contributed by atoms with Crippen LogP contribution in [0.2, 0.25) is 5.15 Å². The molecule has 8 heteroatoms. The van der Waals surface area contributed by atoms with Crippen LogP contribution in [0.3, 0.4) is 0 Å². The van der Waals surface area contributed by atoms with Gasteiger partial charge in [0, 0.05) is 4.88 Å². The largest absolute Gasteiger partial charge is 0.439 e. The number of aromatic nitrogens is 2. The minimum absolute atomic E-state index is 0.197. The van der Waals surface area contributed by atoms with E-state index in [0.29, 0.717) is 24.4 Å². The van der Waals surface area contributed by atoms with E-state index in [4.69, 9.17) is 16.3 Å². The van der Waals surface area contributed by atoms with Crippen molar-refractivity contribution in [3.8, 4) is 0 Å². The number of aryl methyl sites for hydroxylation is 1. The summed E-state index contributed by atoms with van der Waals surface area (Å²) in [6.07, 6.45) is 5.74. The third kappa shape index (κ3) is 3.07. The molecule has 2 aliphatic rings. The second-order valence-corrected chi connectivity index (χ2v) is 9.24. The molecular formula is C21H22ClN3O3S. The van der Waals surface area contributed by atoms with E-state index < -0.39 is 17.6 Å². The fourth-order valence-electron chi connectivity index (χ4n) is 4.30. The first-order valence-electron chi connectivity index (χ1n) is 9.54. The average Bonchev–Trinajstić information content (AvgIpc) is 3.19. The molecular weight excluding hydrogens is 410 g/mol. The molecule has 6 nitrogen and oxygen atoms in total. The Bertz CT molecular complexity index is 1060. The number of amides is 2. The number of hydrogen-bond acceptors (Lipinski definition) is 6. The molecule has 1 fully saturated rings. The van der Waals surface area contributed by atoms with Gasteiger partial charge < -0.3 is 4.74 Å². The first-order valence-corrected chi connectivity index (χ1v) is 10.7. The zero-order chi connectivity index (χ0) is 20.9. The van der Waals surface area contributed by atoms with Gasteiger partial charge in [0.2, 0.25) is 5.91 Å². The molecule has 29 heavy (non-hydrogen) atoms. The number of cyclic esters (lactones) is 1. The standard InChI is InChI=1S/C21H22ClN3O3S/c1-5-12(6-2)16-11(3)25(20(27)28-16)19(26)21(4)8-7-13-14(9-21)29-18-15(13)17(22)23-10-24-18/h5-6,10-11,16H,1,7-9H2,2-4H3. The number of carbonyl (C=O) groups excluding carboxylic acids is 2. The smallest absolute Gasteiger partial charge is 0.417 e. The van der Waals surface area contributed by atoms with Gasteiger partial charge in [0.25, 0.3) is 0 Å². The van der Waals surface area contributed by atoms with Crippen LogP contribution < -0.4 is 0 Å². The van der Waals surface area contributed by atoms with Gasteiger partial charge in [0.15, 0.2) is 0 Å². The van der Waals surface area contributed by atoms with Crippen molar-refractivity contribution in [1.29, 1.82) is 0 Å². The molecule has 1 aliphatic carbocycles. The number of halogens is 1. The summed E-state index contributed by atoms with van der Waals surface area (Å²) in [5, 5.41) is 1.34. The van der Waals surface area contributed by atoms with E-state index in [9.17, 15) is 9.59 Å². The van der Waals surface area contributed by atoms with Crippen LogP contribution in [0, 0.1) is 5.41 Å². The summed E-state index contributed by atoms with van der Waals surface area (Å²) in [5.74, 6) is -0.197. The Hall–Kier alpha value is -2.25. The van der Waals surface area contributed by atoms with Gasteiger partial charge in [0.05, 0.1) is 16.8 Å². The van der Waals surface area contributed by atoms with E-state index in [-0.39, 0.29) is 11.9 Å². The SMILES string of the molecule is C=CC(=CC)C1OC(=O)N(C(=O)C2(C)CCc3c(sc4ncnc(Cl)c34)C2)C1C. The van der Waals surface area contributed by atoms with Crippen molar-refractivity contribution in [2.45, 2.75) is 52.2 Å². The highest BCUT2D eigenvalue weighted by molar-refractivity contribution is 7.19. The Morgan fingerprint density at radius 2 is 2.24 bits per heavy atom. The summed E-state index contributed by atoms with van der Waals surface area (Å²) in [5.41, 5.74) is 1.23. The lowest BCUT2D eigenvalue weighted by Gasteiger charge is -2.35. The summed E-state index contributed by atoms with van der Waals surface area (Å²) in [6.45, 7) is 9.41. The van der Waals surface area contributed by atoms with Crippen molar-refractivity contribution in [3.63, 3.8) is 0 Å². The molecule has 152 valence electrons. The van der Waals surface area contributed by atoms with Crippen LogP contribution in [0.25, 0.3) is 10.2 Å². The fourth-order valence-corrected chi connectivity index (χ4v) is 5.98. The molecule has 0 N–H and O–H groups in total. The van der Waals surface area contributed by atoms with E-state index in [2.05, 4.69) is 16.5 Å². The first-order chi connectivity index (χ1) is 13.8. The van der Waals surface area contributed by atoms with E-state index in [1.165, 1.54) is 11.2 Å². The lowest BCUT2D eigenvalue weighted by Crippen LogP contribution is -2.49. The van der Waals surface area contributed by atoms with E-state index >= 15 is 0 Å². The van der Waals surface area contributed by atoms with Crippen LogP contribution in [0.4, 0.5) is 4.79 Å². The van der Waals surface area contributed by atoms with Crippen LogP contribution in [-0.2, 0) is 22.4 Å². The Balaban J connectivity index is 1.64. The first kappa shape index (κ1) is 20.0. The maximum Gasteiger partial charge on any atom is 0.417 e. The Labute approximate surface area is 178 Å². The molecule has 0 bridgehead atoms. The number of rotatable bonds is 3. The van der Waals surface area contributed by atoms with Gasteiger partial charge in [-0.3, -0.25) is 4.79 Å². The molecule has 2 aromatic rings. The molecule has 3 heterocycles. The summed E-state index contributed by atoms with van der Waals surface area (Å²) in [6, 6.07) is -0.389. The molecule has 0 spiro atoms. The second kappa shape index (κ2) is 7.22. The highest BCUT2D eigenvalue weighted by Crippen LogP contribution is 2.45. The fraction of sp³-hybridized carbons (Fsp3) is 0.429. The quantitative estimate of drug-likeness (QED) is 0.520. The van der Waals surface area contributed by atoms with Gasteiger partial charge in [-0.1, -0.05) is 37.3 Å². The third-order valence-corrected chi connectivity index (χ3v) is 7.43. The average molecular weight is 432 g/mol. The van der Waals surface area contributed by atoms with Gasteiger partial charge in [-0.05, 0) is 44.2 Å². The topological polar surface area (TPSA) is 72.4 Å². The molecule has 1 saturated heterocycles. The maximum absolute atomic E-state index is 13.5. The summed E-state index contributed by atoms with van der Waals surface area (Å²) < 4.78 is 5.51. The van der Waals surface area contributed by atoms with Crippen molar-refractivity contribution >= 4 is 45.2 Å². The molecule has 0 radical (unpaired) electrons. The van der Waals surface area contributed by atoms with Gasteiger partial charge >= 0.3 is 6.09 Å². The number of nitrogens with zero attached hydrogens (tertiary/aromatic N) is 3. The van der Waals surface area contributed by atoms with Crippen LogP contribution in [0.15, 0.2) is 30.6 Å². The lowest BCUT2D eigenvalue weighted by atomic mass is 9.74. The van der Waals surface area contributed by atoms with E-state index in [1.54, 1.807) is 17.4 Å². The molecule has 2 amide bonds. The van der Waals surface area contributed by atoms with Gasteiger partial charge in [-0.2, -0.15) is 0 Å². The Kier molecular flexibility index (Phi) is 4.99. The van der Waals surface area contributed by atoms with Crippen molar-refractivity contribution in [2.75, 3.05) is 0 Å². The highest BCUT2D eigenvalue weighted by atomic mass is 35.5. The monoisotopic (exact) mass is 431 g/mol. The highest BCUT2D eigenvalue weighted by Gasteiger charge is 2.50. The number of ether oxygens (including phenoxy) is 1. The maximum atomic E-state index is 13.5. The Morgan fingerprint density at radius 3 is 2.93 bits per heavy atom. The summed E-state index contributed by atoms with van der Waals surface area (Å²) in [7, 11) is 0. The molecule has 3 unspecified atom stereocenters. The zero-order valence-corrected chi connectivity index (χ0v) is 18.1. The van der Waals surface area contributed by atoms with Gasteiger partial charge in [0.1, 0.15) is 22.4 Å². The van der Waals surface area contributed by atoms with Crippen LogP contribution in [0.1, 0.15) is 37.6 Å². The normalized spacial score (nSPS) is 27.1. The number of allylic oxidation sites excluding steroid dienone is 1. The zero-order valence-electron chi connectivity index (χ0n) is 16.6. The number of fused-ring (bicyclic) bond motifs is 3. The molecule has 4 rings (SSSR count). The third-order valence-electron chi connectivity index (χ3n) is 6.00. The van der Waals surface area contributed by atoms with Crippen LogP contribution >= 0.6 is 22.9 Å². The van der Waals surface area contributed by atoms with E-state index in [0.717, 1.165) is 26.2 Å². The lowest BCUT2D eigenvalue weighted by molar-refractivity contribution is -0.139. The molecule has 0 aromatic carbocycles. The van der Waals surface area contributed by atoms with Gasteiger partial charge in [-0.25, -0.2) is 19.7 Å². The van der Waals surface area contributed by atoms with Crippen molar-refractivity contribution in [2.24, 2.45) is 5.41 Å². The summed E-state index contributed by atoms with van der Waals surface area (Å²) in [4.78, 5) is 37.7. The number of thiophene rings is 1. The predicted octanol–water partition coefficient (Wildman–Crippen LogP) is 4.71. The van der Waals surface area contributed by atoms with Gasteiger partial charge in [-0.15, -0.1) is 11.3 Å². The van der Waals surface area contributed by atoms with Crippen molar-refractivity contribution in [1.82, 2.24) is 14.9 Å². The molecule has 2 aromatic heterocycles. The second-order valence-electron chi connectivity index (χ2n) is 7.80. The summed E-state index contributed by atoms with van der Waals surface area (Å²) >= 11 is 7.84. The van der Waals surface area contributed by atoms with Crippen LogP contribution in [-0.4, -0.2) is 39.0 Å². The van der Waals surface area contributed by atoms with E-state index in [1.807, 2.05) is 26.8 Å². The molecule has 0 saturated carbocycles. The molecule has 3 atom stereocenters.